The van der Waals surface area contributed by atoms with E-state index in [0.29, 0.717) is 17.5 Å². The molecule has 2 amide bonds. The third-order valence-corrected chi connectivity index (χ3v) is 7.36. The van der Waals surface area contributed by atoms with Crippen LogP contribution < -0.4 is 14.8 Å². The zero-order valence-corrected chi connectivity index (χ0v) is 23.5. The van der Waals surface area contributed by atoms with Crippen molar-refractivity contribution < 1.29 is 40.5 Å². The molecule has 0 unspecified atom stereocenters. The lowest BCUT2D eigenvalue weighted by Gasteiger charge is -2.28. The van der Waals surface area contributed by atoms with E-state index in [9.17, 15) is 36.3 Å². The lowest BCUT2D eigenvalue weighted by atomic mass is 9.87. The summed E-state index contributed by atoms with van der Waals surface area (Å²) in [5, 5.41) is 17.4. The van der Waals surface area contributed by atoms with Crippen LogP contribution in [0.4, 0.5) is 13.2 Å². The predicted molar refractivity (Wildman–Crippen MR) is 146 cm³/mol. The molecule has 1 heterocycles. The van der Waals surface area contributed by atoms with Gasteiger partial charge in [0, 0.05) is 18.4 Å². The van der Waals surface area contributed by atoms with Crippen molar-refractivity contribution in [3.05, 3.63) is 71.9 Å². The maximum absolute atomic E-state index is 13.2. The van der Waals surface area contributed by atoms with Crippen molar-refractivity contribution in [3.8, 4) is 5.75 Å². The van der Waals surface area contributed by atoms with Crippen LogP contribution in [-0.4, -0.2) is 55.0 Å². The van der Waals surface area contributed by atoms with E-state index >= 15 is 0 Å². The number of hydrogen-bond donors (Lipinski definition) is 3. The molecule has 3 N–H and O–H groups in total. The molecule has 9 nitrogen and oxygen atoms in total. The van der Waals surface area contributed by atoms with E-state index < -0.39 is 45.3 Å². The van der Waals surface area contributed by atoms with Crippen LogP contribution in [0.15, 0.2) is 60.7 Å². The summed E-state index contributed by atoms with van der Waals surface area (Å²) in [6, 6.07) is 14.3. The zero-order chi connectivity index (χ0) is 30.4. The molecule has 3 aromatic rings. The molecular weight excluding hydrogens is 563 g/mol. The topological polar surface area (TPSA) is 135 Å². The fraction of sp³-hybridized carbons (Fsp3) is 0.393. The molecule has 41 heavy (non-hydrogen) atoms. The van der Waals surface area contributed by atoms with Gasteiger partial charge in [0.05, 0.1) is 17.7 Å². The van der Waals surface area contributed by atoms with Crippen molar-refractivity contribution in [2.75, 3.05) is 7.05 Å². The number of alkyl halides is 3. The molecule has 222 valence electrons. The first-order valence-electron chi connectivity index (χ1n) is 12.9. The number of carbonyl (C=O) groups is 2. The minimum Gasteiger partial charge on any atom is -0.391 e. The second-order valence-electron chi connectivity index (χ2n) is 10.0. The van der Waals surface area contributed by atoms with Gasteiger partial charge in [-0.1, -0.05) is 50.2 Å². The van der Waals surface area contributed by atoms with Crippen molar-refractivity contribution in [1.29, 1.82) is 0 Å². The Labute approximate surface area is 236 Å². The Balaban J connectivity index is 1.85. The lowest BCUT2D eigenvalue weighted by molar-refractivity contribution is -0.126. The summed E-state index contributed by atoms with van der Waals surface area (Å²) in [5.74, 6) is -1.77. The Morgan fingerprint density at radius 1 is 1.00 bits per heavy atom. The monoisotopic (exact) mass is 595 g/mol. The molecule has 0 saturated heterocycles. The number of rotatable bonds is 12. The van der Waals surface area contributed by atoms with E-state index in [1.807, 2.05) is 26.0 Å². The number of benzene rings is 2. The molecule has 0 aliphatic rings. The summed E-state index contributed by atoms with van der Waals surface area (Å²) in [6.07, 6.45) is -0.668. The van der Waals surface area contributed by atoms with Crippen molar-refractivity contribution >= 4 is 32.8 Å². The van der Waals surface area contributed by atoms with Gasteiger partial charge >= 0.3 is 15.6 Å². The molecule has 3 atom stereocenters. The number of halogens is 3. The molecule has 1 aromatic heterocycles. The molecule has 13 heteroatoms. The van der Waals surface area contributed by atoms with Gasteiger partial charge in [0.15, 0.2) is 0 Å². The first kappa shape index (κ1) is 31.8. The quantitative estimate of drug-likeness (QED) is 0.213. The highest BCUT2D eigenvalue weighted by Crippen LogP contribution is 2.27. The van der Waals surface area contributed by atoms with Gasteiger partial charge in [0.1, 0.15) is 11.4 Å². The van der Waals surface area contributed by atoms with Crippen molar-refractivity contribution in [1.82, 2.24) is 15.6 Å². The average molecular weight is 596 g/mol. The van der Waals surface area contributed by atoms with Crippen molar-refractivity contribution in [2.45, 2.75) is 50.8 Å². The maximum Gasteiger partial charge on any atom is 0.534 e. The van der Waals surface area contributed by atoms with Crippen LogP contribution in [0.5, 0.6) is 5.75 Å². The second-order valence-corrected chi connectivity index (χ2v) is 11.6. The summed E-state index contributed by atoms with van der Waals surface area (Å²) in [7, 11) is -4.34. The number of para-hydroxylation sites is 1. The number of carbonyl (C=O) groups excluding carboxylic acids is 2. The summed E-state index contributed by atoms with van der Waals surface area (Å²) < 4.78 is 64.7. The summed E-state index contributed by atoms with van der Waals surface area (Å²) in [5.41, 5.74) is -4.43. The number of nitrogens with zero attached hydrogens (tertiary/aromatic N) is 1. The van der Waals surface area contributed by atoms with Crippen LogP contribution >= 0.6 is 0 Å². The second kappa shape index (κ2) is 13.3. The van der Waals surface area contributed by atoms with Gasteiger partial charge in [0.25, 0.3) is 5.91 Å². The number of fused-ring (bicyclic) bond motifs is 1. The largest absolute Gasteiger partial charge is 0.534 e. The smallest absolute Gasteiger partial charge is 0.391 e. The third-order valence-electron chi connectivity index (χ3n) is 6.38. The van der Waals surface area contributed by atoms with E-state index in [1.165, 1.54) is 19.2 Å². The molecule has 2 aromatic carbocycles. The molecule has 0 aliphatic heterocycles. The van der Waals surface area contributed by atoms with E-state index in [0.717, 1.165) is 17.5 Å². The third kappa shape index (κ3) is 8.64. The lowest BCUT2D eigenvalue weighted by Crippen LogP contribution is -2.47. The van der Waals surface area contributed by atoms with Crippen LogP contribution in [0.25, 0.3) is 10.9 Å². The highest BCUT2D eigenvalue weighted by molar-refractivity contribution is 7.88. The van der Waals surface area contributed by atoms with E-state index in [4.69, 9.17) is 0 Å². The fourth-order valence-corrected chi connectivity index (χ4v) is 4.83. The van der Waals surface area contributed by atoms with E-state index in [-0.39, 0.29) is 30.4 Å². The average Bonchev–Trinajstić information content (AvgIpc) is 2.91. The highest BCUT2D eigenvalue weighted by atomic mass is 32.2. The number of amides is 2. The van der Waals surface area contributed by atoms with Gasteiger partial charge in [-0.05, 0) is 55.0 Å². The molecule has 0 bridgehead atoms. The van der Waals surface area contributed by atoms with Crippen LogP contribution in [0.3, 0.4) is 0 Å². The number of aromatic nitrogens is 1. The number of nitrogens with one attached hydrogen (secondary N) is 2. The normalized spacial score (nSPS) is 14.3. The molecule has 0 spiro atoms. The number of aliphatic hydroxyl groups excluding tert-OH is 1. The Hall–Kier alpha value is -3.71. The molecule has 3 rings (SSSR count). The first-order chi connectivity index (χ1) is 19.2. The van der Waals surface area contributed by atoms with Crippen molar-refractivity contribution in [3.63, 3.8) is 0 Å². The van der Waals surface area contributed by atoms with Crippen LogP contribution in [0.1, 0.15) is 42.7 Å². The van der Waals surface area contributed by atoms with Gasteiger partial charge < -0.3 is 19.9 Å². The molecule has 0 radical (unpaired) electrons. The van der Waals surface area contributed by atoms with E-state index in [1.54, 1.807) is 24.3 Å². The number of hydrogen-bond acceptors (Lipinski definition) is 7. The fourth-order valence-electron chi connectivity index (χ4n) is 4.37. The summed E-state index contributed by atoms with van der Waals surface area (Å²) in [6.45, 7) is 3.88. The predicted octanol–water partition coefficient (Wildman–Crippen LogP) is 3.96. The van der Waals surface area contributed by atoms with Crippen LogP contribution in [-0.2, 0) is 21.3 Å². The molecule has 0 aliphatic carbocycles. The SMILES string of the molecule is CNC(=O)[C@H](CC(C)C)C[C@H](O)[C@H](Cc1ccc(OS(=O)(=O)C(F)(F)F)cc1)NC(=O)c1ccc2ccccc2n1. The number of aliphatic hydroxyl groups is 1. The van der Waals surface area contributed by atoms with Crippen molar-refractivity contribution in [2.24, 2.45) is 11.8 Å². The van der Waals surface area contributed by atoms with Gasteiger partial charge in [-0.2, -0.15) is 21.6 Å². The van der Waals surface area contributed by atoms with Crippen LogP contribution in [0.2, 0.25) is 0 Å². The minimum absolute atomic E-state index is 0.00886. The Morgan fingerprint density at radius 3 is 2.27 bits per heavy atom. The molecule has 0 saturated carbocycles. The van der Waals surface area contributed by atoms with Gasteiger partial charge in [-0.3, -0.25) is 9.59 Å². The van der Waals surface area contributed by atoms with Gasteiger partial charge in [-0.25, -0.2) is 4.98 Å². The van der Waals surface area contributed by atoms with Gasteiger partial charge in [0.2, 0.25) is 5.91 Å². The summed E-state index contributed by atoms with van der Waals surface area (Å²) >= 11 is 0. The maximum atomic E-state index is 13.2. The Bertz CT molecular complexity index is 1460. The zero-order valence-electron chi connectivity index (χ0n) is 22.7. The van der Waals surface area contributed by atoms with Gasteiger partial charge in [-0.15, -0.1) is 0 Å². The highest BCUT2D eigenvalue weighted by Gasteiger charge is 2.48. The molecule has 0 fully saturated rings. The van der Waals surface area contributed by atoms with Crippen LogP contribution in [0, 0.1) is 11.8 Å². The summed E-state index contributed by atoms with van der Waals surface area (Å²) in [4.78, 5) is 30.1. The Morgan fingerprint density at radius 2 is 1.66 bits per heavy atom. The minimum atomic E-state index is -5.84. The molecular formula is C28H32F3N3O6S. The number of pyridine rings is 1. The Kier molecular flexibility index (Phi) is 10.3. The standard InChI is InChI=1S/C28H32F3N3O6S/c1-17(2)14-20(26(36)32-3)16-25(35)24(34-27(37)23-13-10-19-6-4-5-7-22(19)33-23)15-18-8-11-21(12-9-18)40-41(38,39)28(29,30)31/h4-13,17,20,24-25,35H,14-16H2,1-3H3,(H,32,36)(H,34,37)/t20-,24+,25+/m1/s1. The first-order valence-corrected chi connectivity index (χ1v) is 14.3. The van der Waals surface area contributed by atoms with E-state index in [2.05, 4.69) is 19.8 Å².